The van der Waals surface area contributed by atoms with Crippen molar-refractivity contribution in [3.05, 3.63) is 33.7 Å². The van der Waals surface area contributed by atoms with E-state index < -0.39 is 6.10 Å². The molecule has 2 aromatic heterocycles. The summed E-state index contributed by atoms with van der Waals surface area (Å²) >= 11 is 1.72. The highest BCUT2D eigenvalue weighted by molar-refractivity contribution is 7.11. The first-order chi connectivity index (χ1) is 13.6. The van der Waals surface area contributed by atoms with Gasteiger partial charge in [0, 0.05) is 43.5 Å². The van der Waals surface area contributed by atoms with E-state index in [9.17, 15) is 9.90 Å². The molecule has 150 valence electrons. The van der Waals surface area contributed by atoms with E-state index in [2.05, 4.69) is 30.5 Å². The van der Waals surface area contributed by atoms with Crippen molar-refractivity contribution < 1.29 is 14.6 Å². The highest BCUT2D eigenvalue weighted by Crippen LogP contribution is 2.24. The lowest BCUT2D eigenvalue weighted by Crippen LogP contribution is -2.42. The van der Waals surface area contributed by atoms with Crippen molar-refractivity contribution in [2.45, 2.75) is 32.0 Å². The van der Waals surface area contributed by atoms with Crippen LogP contribution in [-0.4, -0.2) is 75.9 Å². The molecule has 2 aliphatic heterocycles. The number of fused-ring (bicyclic) bond motifs is 1. The minimum Gasteiger partial charge on any atom is -0.390 e. The standard InChI is InChI=1S/C18H24N6O3S/c1-11-22-14-2-3-24(7-16(14)28-11)6-13(25)5-19-18(26)15-4-17(21-10-20-15)23-12-8-27-9-12/h4,10,12-13,25H,2-3,5-9H2,1H3,(H,19,26)(H,20,21,23). The fourth-order valence-electron chi connectivity index (χ4n) is 3.29. The summed E-state index contributed by atoms with van der Waals surface area (Å²) in [6, 6.07) is 1.83. The smallest absolute Gasteiger partial charge is 0.270 e. The van der Waals surface area contributed by atoms with Crippen molar-refractivity contribution >= 4 is 23.1 Å². The molecule has 0 saturated carbocycles. The molecule has 0 bridgehead atoms. The monoisotopic (exact) mass is 404 g/mol. The number of thiazole rings is 1. The number of aromatic nitrogens is 3. The molecular weight excluding hydrogens is 380 g/mol. The molecule has 2 aliphatic rings. The zero-order valence-corrected chi connectivity index (χ0v) is 16.5. The van der Waals surface area contributed by atoms with Gasteiger partial charge in [-0.1, -0.05) is 0 Å². The fraction of sp³-hybridized carbons (Fsp3) is 0.556. The summed E-state index contributed by atoms with van der Waals surface area (Å²) in [5.74, 6) is 0.270. The lowest BCUT2D eigenvalue weighted by atomic mass is 10.1. The van der Waals surface area contributed by atoms with Crippen LogP contribution in [-0.2, 0) is 17.7 Å². The number of anilines is 1. The van der Waals surface area contributed by atoms with Crippen molar-refractivity contribution in [1.82, 2.24) is 25.2 Å². The fourth-order valence-corrected chi connectivity index (χ4v) is 4.31. The number of hydrogen-bond acceptors (Lipinski definition) is 9. The van der Waals surface area contributed by atoms with E-state index in [1.54, 1.807) is 17.4 Å². The predicted molar refractivity (Wildman–Crippen MR) is 104 cm³/mol. The van der Waals surface area contributed by atoms with Crippen LogP contribution < -0.4 is 10.6 Å². The SMILES string of the molecule is Cc1nc2c(s1)CN(CC(O)CNC(=O)c1cc(NC3COC3)ncn1)CC2. The van der Waals surface area contributed by atoms with Crippen molar-refractivity contribution in [3.8, 4) is 0 Å². The Bertz CT molecular complexity index is 840. The highest BCUT2D eigenvalue weighted by Gasteiger charge is 2.22. The zero-order valence-electron chi connectivity index (χ0n) is 15.7. The van der Waals surface area contributed by atoms with Gasteiger partial charge in [-0.25, -0.2) is 15.0 Å². The molecule has 3 N–H and O–H groups in total. The van der Waals surface area contributed by atoms with Gasteiger partial charge in [0.25, 0.3) is 5.91 Å². The number of β-amino-alcohol motifs (C(OH)–C–C–N with tert-alkyl or cyclic N) is 1. The first-order valence-electron chi connectivity index (χ1n) is 9.37. The largest absolute Gasteiger partial charge is 0.390 e. The van der Waals surface area contributed by atoms with Crippen LogP contribution in [0.1, 0.15) is 26.1 Å². The molecule has 28 heavy (non-hydrogen) atoms. The minimum atomic E-state index is -0.647. The van der Waals surface area contributed by atoms with Crippen LogP contribution in [0.3, 0.4) is 0 Å². The van der Waals surface area contributed by atoms with E-state index in [-0.39, 0.29) is 24.2 Å². The Morgan fingerprint density at radius 3 is 3.11 bits per heavy atom. The Morgan fingerprint density at radius 1 is 1.46 bits per heavy atom. The van der Waals surface area contributed by atoms with E-state index >= 15 is 0 Å². The second kappa shape index (κ2) is 8.48. The molecule has 10 heteroatoms. The van der Waals surface area contributed by atoms with Gasteiger partial charge in [0.05, 0.1) is 36.1 Å². The van der Waals surface area contributed by atoms with Gasteiger partial charge in [-0.05, 0) is 6.92 Å². The number of aryl methyl sites for hydroxylation is 1. The van der Waals surface area contributed by atoms with E-state index in [1.165, 1.54) is 16.9 Å². The third kappa shape index (κ3) is 4.64. The summed E-state index contributed by atoms with van der Waals surface area (Å²) in [5.41, 5.74) is 1.45. The van der Waals surface area contributed by atoms with Crippen LogP contribution in [0.15, 0.2) is 12.4 Å². The van der Waals surface area contributed by atoms with E-state index in [4.69, 9.17) is 4.74 Å². The van der Waals surface area contributed by atoms with Gasteiger partial charge in [0.1, 0.15) is 17.8 Å². The number of carbonyl (C=O) groups excluding carboxylic acids is 1. The van der Waals surface area contributed by atoms with E-state index in [0.29, 0.717) is 25.6 Å². The molecule has 2 aromatic rings. The van der Waals surface area contributed by atoms with Crippen LogP contribution in [0, 0.1) is 6.92 Å². The number of amides is 1. The molecule has 0 aromatic carbocycles. The van der Waals surface area contributed by atoms with Gasteiger partial charge < -0.3 is 20.5 Å². The molecule has 4 heterocycles. The summed E-state index contributed by atoms with van der Waals surface area (Å²) in [6.07, 6.45) is 1.61. The van der Waals surface area contributed by atoms with Gasteiger partial charge in [0.2, 0.25) is 0 Å². The molecule has 1 unspecified atom stereocenters. The van der Waals surface area contributed by atoms with Crippen LogP contribution in [0.4, 0.5) is 5.82 Å². The number of nitrogens with one attached hydrogen (secondary N) is 2. The maximum Gasteiger partial charge on any atom is 0.270 e. The number of carbonyl (C=O) groups is 1. The third-order valence-corrected chi connectivity index (χ3v) is 5.77. The molecule has 1 saturated heterocycles. The Balaban J connectivity index is 1.25. The Morgan fingerprint density at radius 2 is 2.32 bits per heavy atom. The second-order valence-corrected chi connectivity index (χ2v) is 8.41. The molecule has 0 aliphatic carbocycles. The maximum atomic E-state index is 12.3. The molecule has 0 radical (unpaired) electrons. The summed E-state index contributed by atoms with van der Waals surface area (Å²) in [6.45, 7) is 5.64. The molecular formula is C18H24N6O3S. The molecule has 4 rings (SSSR count). The first kappa shape index (κ1) is 19.2. The van der Waals surface area contributed by atoms with Crippen LogP contribution in [0.2, 0.25) is 0 Å². The van der Waals surface area contributed by atoms with Crippen molar-refractivity contribution in [1.29, 1.82) is 0 Å². The lowest BCUT2D eigenvalue weighted by Gasteiger charge is -2.28. The summed E-state index contributed by atoms with van der Waals surface area (Å²) in [7, 11) is 0. The molecule has 1 atom stereocenters. The van der Waals surface area contributed by atoms with Crippen LogP contribution >= 0.6 is 11.3 Å². The quantitative estimate of drug-likeness (QED) is 0.600. The van der Waals surface area contributed by atoms with Gasteiger partial charge in [-0.3, -0.25) is 9.69 Å². The molecule has 0 spiro atoms. The Kier molecular flexibility index (Phi) is 5.81. The Hall–Kier alpha value is -2.14. The van der Waals surface area contributed by atoms with Gasteiger partial charge in [-0.2, -0.15) is 0 Å². The number of aliphatic hydroxyl groups excluding tert-OH is 1. The van der Waals surface area contributed by atoms with Gasteiger partial charge in [0.15, 0.2) is 0 Å². The Labute approximate surface area is 167 Å². The topological polar surface area (TPSA) is 113 Å². The van der Waals surface area contributed by atoms with Gasteiger partial charge >= 0.3 is 0 Å². The van der Waals surface area contributed by atoms with Crippen LogP contribution in [0.25, 0.3) is 0 Å². The lowest BCUT2D eigenvalue weighted by molar-refractivity contribution is 0.0209. The third-order valence-electron chi connectivity index (χ3n) is 4.77. The molecule has 1 amide bonds. The zero-order chi connectivity index (χ0) is 19.5. The van der Waals surface area contributed by atoms with E-state index in [0.717, 1.165) is 24.5 Å². The van der Waals surface area contributed by atoms with E-state index in [1.807, 2.05) is 6.92 Å². The average Bonchev–Trinajstić information content (AvgIpc) is 3.02. The number of rotatable bonds is 7. The average molecular weight is 404 g/mol. The van der Waals surface area contributed by atoms with Crippen molar-refractivity contribution in [3.63, 3.8) is 0 Å². The number of nitrogens with zero attached hydrogens (tertiary/aromatic N) is 4. The number of aliphatic hydroxyl groups is 1. The minimum absolute atomic E-state index is 0.174. The summed E-state index contributed by atoms with van der Waals surface area (Å²) in [5, 5.41) is 17.4. The normalized spacial score (nSPS) is 18.2. The number of hydrogen-bond donors (Lipinski definition) is 3. The number of ether oxygens (including phenoxy) is 1. The van der Waals surface area contributed by atoms with Crippen molar-refractivity contribution in [2.75, 3.05) is 38.2 Å². The first-order valence-corrected chi connectivity index (χ1v) is 10.2. The summed E-state index contributed by atoms with van der Waals surface area (Å²) < 4.78 is 5.11. The van der Waals surface area contributed by atoms with Crippen molar-refractivity contribution in [2.24, 2.45) is 0 Å². The summed E-state index contributed by atoms with van der Waals surface area (Å²) in [4.78, 5) is 28.5. The predicted octanol–water partition coefficient (Wildman–Crippen LogP) is 0.201. The molecule has 9 nitrogen and oxygen atoms in total. The van der Waals surface area contributed by atoms with Gasteiger partial charge in [-0.15, -0.1) is 11.3 Å². The molecule has 1 fully saturated rings. The van der Waals surface area contributed by atoms with Crippen LogP contribution in [0.5, 0.6) is 0 Å². The second-order valence-electron chi connectivity index (χ2n) is 7.12. The maximum absolute atomic E-state index is 12.3. The highest BCUT2D eigenvalue weighted by atomic mass is 32.1.